The summed E-state index contributed by atoms with van der Waals surface area (Å²) in [6.45, 7) is 4.42. The smallest absolute Gasteiger partial charge is 0.265 e. The van der Waals surface area contributed by atoms with Crippen LogP contribution in [-0.2, 0) is 23.0 Å². The van der Waals surface area contributed by atoms with Gasteiger partial charge in [-0.15, -0.1) is 11.3 Å². The molecule has 0 spiro atoms. The van der Waals surface area contributed by atoms with Gasteiger partial charge in [0.05, 0.1) is 23.4 Å². The third kappa shape index (κ3) is 6.29. The summed E-state index contributed by atoms with van der Waals surface area (Å²) in [4.78, 5) is 13.5. The zero-order chi connectivity index (χ0) is 25.0. The van der Waals surface area contributed by atoms with E-state index in [2.05, 4.69) is 24.4 Å². The Kier molecular flexibility index (Phi) is 7.57. The van der Waals surface area contributed by atoms with E-state index in [1.807, 2.05) is 61.5 Å². The number of hydrogen-bond acceptors (Lipinski definition) is 4. The molecule has 0 aliphatic carbocycles. The van der Waals surface area contributed by atoms with Gasteiger partial charge in [0.25, 0.3) is 5.91 Å². The molecule has 4 aromatic rings. The maximum atomic E-state index is 12.9. The topological polar surface area (TPSA) is 66.5 Å². The minimum absolute atomic E-state index is 0.173. The minimum atomic E-state index is -3.50. The van der Waals surface area contributed by atoms with Crippen LogP contribution in [-0.4, -0.2) is 20.6 Å². The van der Waals surface area contributed by atoms with Gasteiger partial charge in [0.15, 0.2) is 0 Å². The van der Waals surface area contributed by atoms with Gasteiger partial charge in [0.2, 0.25) is 10.0 Å². The summed E-state index contributed by atoms with van der Waals surface area (Å²) in [5, 5.41) is 3.80. The average molecular weight is 507 g/mol. The van der Waals surface area contributed by atoms with Crippen molar-refractivity contribution >= 4 is 48.7 Å². The summed E-state index contributed by atoms with van der Waals surface area (Å²) in [5.41, 5.74) is 4.63. The number of nitrogens with zero attached hydrogens (tertiary/aromatic N) is 1. The van der Waals surface area contributed by atoms with Gasteiger partial charge in [-0.2, -0.15) is 0 Å². The van der Waals surface area contributed by atoms with Crippen LogP contribution in [0.1, 0.15) is 46.1 Å². The van der Waals surface area contributed by atoms with E-state index in [0.717, 1.165) is 46.2 Å². The zero-order valence-electron chi connectivity index (χ0n) is 20.2. The SMILES string of the molecule is CCCCc1ccc(NC(=O)c2cc3cc(N(Cc4ccc(C)cc4)S(C)(=O)=O)ccc3s2)cc1. The van der Waals surface area contributed by atoms with Crippen molar-refractivity contribution in [1.82, 2.24) is 0 Å². The van der Waals surface area contributed by atoms with Crippen LogP contribution >= 0.6 is 11.3 Å². The molecule has 0 saturated carbocycles. The number of nitrogens with one attached hydrogen (secondary N) is 1. The molecule has 0 unspecified atom stereocenters. The van der Waals surface area contributed by atoms with Gasteiger partial charge in [-0.25, -0.2) is 8.42 Å². The molecule has 1 N–H and O–H groups in total. The van der Waals surface area contributed by atoms with E-state index in [9.17, 15) is 13.2 Å². The monoisotopic (exact) mass is 506 g/mol. The lowest BCUT2D eigenvalue weighted by Gasteiger charge is -2.22. The Morgan fingerprint density at radius 3 is 2.29 bits per heavy atom. The largest absolute Gasteiger partial charge is 0.321 e. The van der Waals surface area contributed by atoms with E-state index < -0.39 is 10.0 Å². The van der Waals surface area contributed by atoms with Gasteiger partial charge < -0.3 is 5.32 Å². The second-order valence-electron chi connectivity index (χ2n) is 8.84. The molecule has 5 nitrogen and oxygen atoms in total. The van der Waals surface area contributed by atoms with Crippen LogP contribution in [0.4, 0.5) is 11.4 Å². The summed E-state index contributed by atoms with van der Waals surface area (Å²) < 4.78 is 27.5. The van der Waals surface area contributed by atoms with Gasteiger partial charge in [-0.1, -0.05) is 55.3 Å². The van der Waals surface area contributed by atoms with Crippen molar-refractivity contribution in [2.45, 2.75) is 39.7 Å². The van der Waals surface area contributed by atoms with Crippen molar-refractivity contribution in [3.05, 3.63) is 94.4 Å². The predicted octanol–water partition coefficient (Wildman–Crippen LogP) is 6.77. The highest BCUT2D eigenvalue weighted by atomic mass is 32.2. The molecular formula is C28H30N2O3S2. The Balaban J connectivity index is 1.54. The number of thiophene rings is 1. The van der Waals surface area contributed by atoms with Crippen LogP contribution in [0.3, 0.4) is 0 Å². The summed E-state index contributed by atoms with van der Waals surface area (Å²) in [7, 11) is -3.50. The first-order valence-corrected chi connectivity index (χ1v) is 14.4. The normalized spacial score (nSPS) is 11.5. The van der Waals surface area contributed by atoms with Crippen LogP contribution in [0.25, 0.3) is 10.1 Å². The maximum Gasteiger partial charge on any atom is 0.265 e. The minimum Gasteiger partial charge on any atom is -0.321 e. The van der Waals surface area contributed by atoms with Crippen LogP contribution in [0.5, 0.6) is 0 Å². The lowest BCUT2D eigenvalue weighted by Crippen LogP contribution is -2.29. The van der Waals surface area contributed by atoms with Crippen LogP contribution in [0.2, 0.25) is 0 Å². The van der Waals surface area contributed by atoms with Gasteiger partial charge in [0.1, 0.15) is 0 Å². The van der Waals surface area contributed by atoms with Gasteiger partial charge in [0, 0.05) is 10.4 Å². The van der Waals surface area contributed by atoms with Crippen LogP contribution in [0.15, 0.2) is 72.8 Å². The highest BCUT2D eigenvalue weighted by molar-refractivity contribution is 7.92. The molecule has 182 valence electrons. The van der Waals surface area contributed by atoms with E-state index in [1.54, 1.807) is 6.07 Å². The van der Waals surface area contributed by atoms with Crippen LogP contribution in [0, 0.1) is 6.92 Å². The highest BCUT2D eigenvalue weighted by Gasteiger charge is 2.19. The van der Waals surface area contributed by atoms with Crippen molar-refractivity contribution in [2.75, 3.05) is 15.9 Å². The number of rotatable bonds is 9. The van der Waals surface area contributed by atoms with Crippen molar-refractivity contribution in [3.63, 3.8) is 0 Å². The summed E-state index contributed by atoms with van der Waals surface area (Å²) >= 11 is 1.39. The second-order valence-corrected chi connectivity index (χ2v) is 11.8. The number of amides is 1. The summed E-state index contributed by atoms with van der Waals surface area (Å²) in [6.07, 6.45) is 4.56. The molecule has 0 radical (unpaired) electrons. The number of hydrogen-bond donors (Lipinski definition) is 1. The fourth-order valence-electron chi connectivity index (χ4n) is 3.89. The molecule has 1 heterocycles. The second kappa shape index (κ2) is 10.6. The molecule has 35 heavy (non-hydrogen) atoms. The third-order valence-corrected chi connectivity index (χ3v) is 8.15. The molecule has 3 aromatic carbocycles. The first-order valence-electron chi connectivity index (χ1n) is 11.7. The van der Waals surface area contributed by atoms with Crippen LogP contribution < -0.4 is 9.62 Å². The molecule has 1 aromatic heterocycles. The molecule has 0 aliphatic rings. The Labute approximate surface area is 211 Å². The average Bonchev–Trinajstić information content (AvgIpc) is 3.26. The maximum absolute atomic E-state index is 12.9. The molecule has 0 fully saturated rings. The first kappa shape index (κ1) is 24.9. The highest BCUT2D eigenvalue weighted by Crippen LogP contribution is 2.31. The molecule has 7 heteroatoms. The van der Waals surface area contributed by atoms with Crippen molar-refractivity contribution in [2.24, 2.45) is 0 Å². The molecule has 0 saturated heterocycles. The number of aryl methyl sites for hydroxylation is 2. The number of anilines is 2. The lowest BCUT2D eigenvalue weighted by atomic mass is 10.1. The van der Waals surface area contributed by atoms with E-state index in [-0.39, 0.29) is 12.5 Å². The first-order chi connectivity index (χ1) is 16.7. The zero-order valence-corrected chi connectivity index (χ0v) is 21.9. The van der Waals surface area contributed by atoms with E-state index in [1.165, 1.54) is 27.5 Å². The number of unbranched alkanes of at least 4 members (excludes halogenated alkanes) is 1. The van der Waals surface area contributed by atoms with Gasteiger partial charge in [-0.3, -0.25) is 9.10 Å². The van der Waals surface area contributed by atoms with Crippen molar-refractivity contribution in [3.8, 4) is 0 Å². The van der Waals surface area contributed by atoms with E-state index in [4.69, 9.17) is 0 Å². The van der Waals surface area contributed by atoms with E-state index in [0.29, 0.717) is 10.6 Å². The Bertz CT molecular complexity index is 1420. The number of sulfonamides is 1. The predicted molar refractivity (Wildman–Crippen MR) is 147 cm³/mol. The quantitative estimate of drug-likeness (QED) is 0.272. The molecule has 0 bridgehead atoms. The molecule has 4 rings (SSSR count). The molecule has 0 atom stereocenters. The molecular weight excluding hydrogens is 476 g/mol. The van der Waals surface area contributed by atoms with Crippen molar-refractivity contribution < 1.29 is 13.2 Å². The summed E-state index contributed by atoms with van der Waals surface area (Å²) in [5.74, 6) is -0.173. The Morgan fingerprint density at radius 2 is 1.63 bits per heavy atom. The van der Waals surface area contributed by atoms with E-state index >= 15 is 0 Å². The number of fused-ring (bicyclic) bond motifs is 1. The summed E-state index contributed by atoms with van der Waals surface area (Å²) in [6, 6.07) is 23.1. The fraction of sp³-hybridized carbons (Fsp3) is 0.250. The standard InChI is InChI=1S/C28H30N2O3S2/c1-4-5-6-21-11-13-24(14-12-21)29-28(31)27-18-23-17-25(15-16-26(23)34-27)30(35(3,32)33)19-22-9-7-20(2)8-10-22/h7-18H,4-6,19H2,1-3H3,(H,29,31). The van der Waals surface area contributed by atoms with Gasteiger partial charge >= 0.3 is 0 Å². The lowest BCUT2D eigenvalue weighted by molar-refractivity contribution is 0.103. The third-order valence-electron chi connectivity index (χ3n) is 5.89. The Hall–Kier alpha value is -3.16. The number of carbonyl (C=O) groups excluding carboxylic acids is 1. The molecule has 0 aliphatic heterocycles. The fourth-order valence-corrected chi connectivity index (χ4v) is 5.70. The number of benzene rings is 3. The number of carbonyl (C=O) groups is 1. The van der Waals surface area contributed by atoms with Gasteiger partial charge in [-0.05, 0) is 72.7 Å². The Morgan fingerprint density at radius 1 is 0.943 bits per heavy atom. The molecule has 1 amide bonds. The van der Waals surface area contributed by atoms with Crippen molar-refractivity contribution in [1.29, 1.82) is 0 Å².